The number of hydrogen-bond donors (Lipinski definition) is 2. The number of nitrogens with one attached hydrogen (secondary N) is 1. The number of sulfonamides is 1. The molecule has 21 heavy (non-hydrogen) atoms. The minimum atomic E-state index is -3.82. The molecule has 0 aliphatic rings. The molecule has 2 rings (SSSR count). The Morgan fingerprint density at radius 2 is 1.76 bits per heavy atom. The summed E-state index contributed by atoms with van der Waals surface area (Å²) < 4.78 is 27.2. The fourth-order valence-corrected chi connectivity index (χ4v) is 3.16. The molecule has 0 atom stereocenters. The van der Waals surface area contributed by atoms with Crippen molar-refractivity contribution in [2.45, 2.75) is 18.7 Å². The van der Waals surface area contributed by atoms with E-state index in [-0.39, 0.29) is 21.9 Å². The molecule has 0 fully saturated rings. The molecule has 5 nitrogen and oxygen atoms in total. The highest BCUT2D eigenvalue weighted by Gasteiger charge is 2.18. The number of rotatable bonds is 3. The molecule has 0 aliphatic carbocycles. The second-order valence-electron chi connectivity index (χ2n) is 4.70. The van der Waals surface area contributed by atoms with Crippen LogP contribution in [0.5, 0.6) is 5.75 Å². The summed E-state index contributed by atoms with van der Waals surface area (Å²) in [6.45, 7) is 3.37. The van der Waals surface area contributed by atoms with Crippen molar-refractivity contribution in [1.82, 2.24) is 0 Å². The van der Waals surface area contributed by atoms with Gasteiger partial charge >= 0.3 is 0 Å². The van der Waals surface area contributed by atoms with E-state index in [4.69, 9.17) is 5.26 Å². The van der Waals surface area contributed by atoms with Crippen LogP contribution in [0.2, 0.25) is 0 Å². The van der Waals surface area contributed by atoms with E-state index < -0.39 is 10.0 Å². The Hall–Kier alpha value is -2.52. The smallest absolute Gasteiger partial charge is 0.262 e. The van der Waals surface area contributed by atoms with Crippen LogP contribution in [0.1, 0.15) is 16.7 Å². The quantitative estimate of drug-likeness (QED) is 0.912. The Bertz CT molecular complexity index is 836. The van der Waals surface area contributed by atoms with Gasteiger partial charge in [0, 0.05) is 6.07 Å². The summed E-state index contributed by atoms with van der Waals surface area (Å²) in [7, 11) is -3.82. The van der Waals surface area contributed by atoms with E-state index in [1.54, 1.807) is 38.1 Å². The fourth-order valence-electron chi connectivity index (χ4n) is 1.84. The second kappa shape index (κ2) is 5.46. The highest BCUT2D eigenvalue weighted by molar-refractivity contribution is 7.92. The van der Waals surface area contributed by atoms with Crippen molar-refractivity contribution < 1.29 is 13.5 Å². The van der Waals surface area contributed by atoms with Gasteiger partial charge < -0.3 is 5.11 Å². The van der Waals surface area contributed by atoms with Crippen LogP contribution in [0.4, 0.5) is 5.69 Å². The predicted octanol–water partition coefficient (Wildman–Crippen LogP) is 2.68. The van der Waals surface area contributed by atoms with Crippen LogP contribution in [-0.4, -0.2) is 13.5 Å². The summed E-state index contributed by atoms with van der Waals surface area (Å²) in [5, 5.41) is 18.5. The van der Waals surface area contributed by atoms with Gasteiger partial charge in [-0.25, -0.2) is 8.42 Å². The van der Waals surface area contributed by atoms with Gasteiger partial charge in [0.2, 0.25) is 0 Å². The molecule has 0 spiro atoms. The summed E-state index contributed by atoms with van der Waals surface area (Å²) in [6, 6.07) is 10.9. The SMILES string of the molecule is Cc1ccc(NS(=O)(=O)c2cc(C#N)ccc2C)cc1O. The predicted molar refractivity (Wildman–Crippen MR) is 79.5 cm³/mol. The average molecular weight is 302 g/mol. The Labute approximate surface area is 123 Å². The van der Waals surface area contributed by atoms with Crippen molar-refractivity contribution in [1.29, 1.82) is 5.26 Å². The van der Waals surface area contributed by atoms with Crippen molar-refractivity contribution in [2.75, 3.05) is 4.72 Å². The number of phenolic OH excluding ortho intramolecular Hbond substituents is 1. The number of aryl methyl sites for hydroxylation is 2. The third kappa shape index (κ3) is 3.15. The molecule has 0 aromatic heterocycles. The fraction of sp³-hybridized carbons (Fsp3) is 0.133. The number of benzene rings is 2. The third-order valence-electron chi connectivity index (χ3n) is 3.07. The molecule has 0 saturated carbocycles. The first-order chi connectivity index (χ1) is 9.83. The van der Waals surface area contributed by atoms with Gasteiger partial charge in [0.05, 0.1) is 22.2 Å². The first kappa shape index (κ1) is 14.9. The number of anilines is 1. The summed E-state index contributed by atoms with van der Waals surface area (Å²) in [5.41, 5.74) is 1.73. The zero-order chi connectivity index (χ0) is 15.6. The first-order valence-corrected chi connectivity index (χ1v) is 7.65. The lowest BCUT2D eigenvalue weighted by atomic mass is 10.2. The standard InChI is InChI=1S/C15H14N2O3S/c1-10-4-6-13(8-14(10)18)17-21(19,20)15-7-12(9-16)5-3-11(15)2/h3-8,17-18H,1-2H3. The Morgan fingerprint density at radius 1 is 1.10 bits per heavy atom. The summed E-state index contributed by atoms with van der Waals surface area (Å²) >= 11 is 0. The average Bonchev–Trinajstić information content (AvgIpc) is 2.43. The zero-order valence-corrected chi connectivity index (χ0v) is 12.4. The van der Waals surface area contributed by atoms with Crippen LogP contribution < -0.4 is 4.72 Å². The maximum Gasteiger partial charge on any atom is 0.262 e. The van der Waals surface area contributed by atoms with Gasteiger partial charge in [-0.05, 0) is 43.2 Å². The van der Waals surface area contributed by atoms with E-state index in [1.165, 1.54) is 12.1 Å². The maximum atomic E-state index is 12.4. The van der Waals surface area contributed by atoms with Crippen LogP contribution in [0, 0.1) is 25.2 Å². The Kier molecular flexibility index (Phi) is 3.87. The van der Waals surface area contributed by atoms with Crippen molar-refractivity contribution >= 4 is 15.7 Å². The van der Waals surface area contributed by atoms with E-state index in [0.29, 0.717) is 11.1 Å². The maximum absolute atomic E-state index is 12.4. The number of nitriles is 1. The van der Waals surface area contributed by atoms with E-state index in [0.717, 1.165) is 0 Å². The van der Waals surface area contributed by atoms with Gasteiger partial charge in [0.1, 0.15) is 5.75 Å². The molecular weight excluding hydrogens is 288 g/mol. The van der Waals surface area contributed by atoms with Gasteiger partial charge in [-0.2, -0.15) is 5.26 Å². The molecule has 2 aromatic rings. The van der Waals surface area contributed by atoms with E-state index in [9.17, 15) is 13.5 Å². The summed E-state index contributed by atoms with van der Waals surface area (Å²) in [4.78, 5) is 0.0432. The summed E-state index contributed by atoms with van der Waals surface area (Å²) in [5.74, 6) is 0.0118. The molecule has 0 unspecified atom stereocenters. The minimum absolute atomic E-state index is 0.0118. The normalized spacial score (nSPS) is 10.9. The minimum Gasteiger partial charge on any atom is -0.508 e. The van der Waals surface area contributed by atoms with Gasteiger partial charge in [0.15, 0.2) is 0 Å². The highest BCUT2D eigenvalue weighted by atomic mass is 32.2. The molecular formula is C15H14N2O3S. The van der Waals surface area contributed by atoms with E-state index in [1.807, 2.05) is 6.07 Å². The molecule has 2 aromatic carbocycles. The Balaban J connectivity index is 2.43. The lowest BCUT2D eigenvalue weighted by molar-refractivity contribution is 0.471. The molecule has 0 bridgehead atoms. The topological polar surface area (TPSA) is 90.2 Å². The van der Waals surface area contributed by atoms with Gasteiger partial charge in [-0.1, -0.05) is 12.1 Å². The second-order valence-corrected chi connectivity index (χ2v) is 6.35. The molecule has 0 heterocycles. The largest absolute Gasteiger partial charge is 0.508 e. The molecule has 0 saturated heterocycles. The number of phenols is 1. The number of aromatic hydroxyl groups is 1. The molecule has 0 radical (unpaired) electrons. The third-order valence-corrected chi connectivity index (χ3v) is 4.59. The molecule has 108 valence electrons. The number of nitrogens with zero attached hydrogens (tertiary/aromatic N) is 1. The van der Waals surface area contributed by atoms with Crippen LogP contribution in [-0.2, 0) is 10.0 Å². The van der Waals surface area contributed by atoms with Crippen LogP contribution in [0.25, 0.3) is 0 Å². The van der Waals surface area contributed by atoms with Gasteiger partial charge in [-0.15, -0.1) is 0 Å². The van der Waals surface area contributed by atoms with E-state index in [2.05, 4.69) is 4.72 Å². The van der Waals surface area contributed by atoms with Crippen molar-refractivity contribution in [3.05, 3.63) is 53.1 Å². The molecule has 2 N–H and O–H groups in total. The monoisotopic (exact) mass is 302 g/mol. The van der Waals surface area contributed by atoms with Crippen LogP contribution in [0.3, 0.4) is 0 Å². The van der Waals surface area contributed by atoms with E-state index >= 15 is 0 Å². The lowest BCUT2D eigenvalue weighted by Gasteiger charge is -2.11. The van der Waals surface area contributed by atoms with Crippen LogP contribution in [0.15, 0.2) is 41.3 Å². The van der Waals surface area contributed by atoms with Crippen LogP contribution >= 0.6 is 0 Å². The van der Waals surface area contributed by atoms with Crippen molar-refractivity contribution in [2.24, 2.45) is 0 Å². The molecule has 0 amide bonds. The van der Waals surface area contributed by atoms with Gasteiger partial charge in [-0.3, -0.25) is 4.72 Å². The Morgan fingerprint density at radius 3 is 2.38 bits per heavy atom. The zero-order valence-electron chi connectivity index (χ0n) is 11.6. The highest BCUT2D eigenvalue weighted by Crippen LogP contribution is 2.24. The van der Waals surface area contributed by atoms with Gasteiger partial charge in [0.25, 0.3) is 10.0 Å². The van der Waals surface area contributed by atoms with Crippen molar-refractivity contribution in [3.63, 3.8) is 0 Å². The molecule has 6 heteroatoms. The number of hydrogen-bond acceptors (Lipinski definition) is 4. The lowest BCUT2D eigenvalue weighted by Crippen LogP contribution is -2.14. The molecule has 0 aliphatic heterocycles. The van der Waals surface area contributed by atoms with Crippen molar-refractivity contribution in [3.8, 4) is 11.8 Å². The first-order valence-electron chi connectivity index (χ1n) is 6.16. The summed E-state index contributed by atoms with van der Waals surface area (Å²) in [6.07, 6.45) is 0.